The highest BCUT2D eigenvalue weighted by molar-refractivity contribution is 5.55. The summed E-state index contributed by atoms with van der Waals surface area (Å²) < 4.78 is 0. The minimum absolute atomic E-state index is 0. The average Bonchev–Trinajstić information content (AvgIpc) is 2.18. The van der Waals surface area contributed by atoms with Gasteiger partial charge in [0.15, 0.2) is 0 Å². The van der Waals surface area contributed by atoms with Gasteiger partial charge < -0.3 is 0 Å². The van der Waals surface area contributed by atoms with Crippen molar-refractivity contribution in [2.75, 3.05) is 0 Å². The van der Waals surface area contributed by atoms with Crippen LogP contribution in [0.2, 0.25) is 0 Å². The van der Waals surface area contributed by atoms with Crippen molar-refractivity contribution in [2.24, 2.45) is 0 Å². The minimum Gasteiger partial charge on any atom is -0.255 e. The van der Waals surface area contributed by atoms with Crippen LogP contribution in [0.1, 0.15) is 12.6 Å². The van der Waals surface area contributed by atoms with Crippen LogP contribution in [0.25, 0.3) is 11.4 Å². The molecule has 0 aliphatic heterocycles. The monoisotopic (exact) mass is 186 g/mol. The summed E-state index contributed by atoms with van der Waals surface area (Å²) in [4.78, 5) is 8.58. The van der Waals surface area contributed by atoms with Crippen LogP contribution in [0.4, 0.5) is 0 Å². The lowest BCUT2D eigenvalue weighted by Gasteiger charge is -2.01. The predicted octanol–water partition coefficient (Wildman–Crippen LogP) is 3.01. The van der Waals surface area contributed by atoms with E-state index in [2.05, 4.69) is 23.8 Å². The van der Waals surface area contributed by atoms with Gasteiger partial charge in [0.05, 0.1) is 11.4 Å². The summed E-state index contributed by atoms with van der Waals surface area (Å²) in [5, 5.41) is 0. The largest absolute Gasteiger partial charge is 0.255 e. The number of pyridine rings is 2. The molecule has 2 aromatic heterocycles. The molecule has 2 heterocycles. The summed E-state index contributed by atoms with van der Waals surface area (Å²) in [6.45, 7) is 4.11. The van der Waals surface area contributed by atoms with E-state index in [4.69, 9.17) is 0 Å². The maximum absolute atomic E-state index is 4.29. The Bertz CT molecular complexity index is 411. The van der Waals surface area contributed by atoms with Crippen molar-refractivity contribution in [3.8, 4) is 11.4 Å². The Hall–Kier alpha value is -1.70. The Morgan fingerprint density at radius 2 is 1.29 bits per heavy atom. The number of rotatable bonds is 1. The molecular weight excluding hydrogens is 172 g/mol. The van der Waals surface area contributed by atoms with Gasteiger partial charge in [-0.15, -0.1) is 0 Å². The Morgan fingerprint density at radius 1 is 0.857 bits per heavy atom. The standard InChI is InChI=1S/C12H12N2.H2/c1-9-3-5-13-11(7-9)12-8-10(2)4-6-14-12;/h3-8H,1-2H3;1H. The zero-order valence-corrected chi connectivity index (χ0v) is 8.36. The van der Waals surface area contributed by atoms with Crippen LogP contribution in [0.3, 0.4) is 0 Å². The molecule has 0 N–H and O–H groups in total. The van der Waals surface area contributed by atoms with E-state index in [1.54, 1.807) is 0 Å². The molecule has 2 nitrogen and oxygen atoms in total. The van der Waals surface area contributed by atoms with Gasteiger partial charge in [-0.3, -0.25) is 9.97 Å². The normalized spacial score (nSPS) is 10.1. The molecule has 0 unspecified atom stereocenters. The van der Waals surface area contributed by atoms with Gasteiger partial charge in [0.1, 0.15) is 0 Å². The van der Waals surface area contributed by atoms with Crippen molar-refractivity contribution >= 4 is 0 Å². The van der Waals surface area contributed by atoms with Gasteiger partial charge >= 0.3 is 0 Å². The first kappa shape index (κ1) is 8.88. The van der Waals surface area contributed by atoms with E-state index in [1.165, 1.54) is 11.1 Å². The maximum atomic E-state index is 4.29. The van der Waals surface area contributed by atoms with Crippen molar-refractivity contribution < 1.29 is 1.43 Å². The molecular formula is C12H14N2. The molecule has 0 amide bonds. The molecule has 2 aromatic rings. The molecule has 2 rings (SSSR count). The summed E-state index contributed by atoms with van der Waals surface area (Å²) in [6, 6.07) is 8.06. The number of aromatic nitrogens is 2. The van der Waals surface area contributed by atoms with E-state index in [0.29, 0.717) is 0 Å². The molecule has 0 saturated heterocycles. The second-order valence-electron chi connectivity index (χ2n) is 3.44. The molecule has 0 bridgehead atoms. The third kappa shape index (κ3) is 1.79. The van der Waals surface area contributed by atoms with Gasteiger partial charge in [-0.2, -0.15) is 0 Å². The first-order valence-corrected chi connectivity index (χ1v) is 4.61. The Balaban J connectivity index is 0.00000112. The van der Waals surface area contributed by atoms with Crippen LogP contribution in [-0.2, 0) is 0 Å². The third-order valence-electron chi connectivity index (χ3n) is 2.09. The quantitative estimate of drug-likeness (QED) is 0.684. The van der Waals surface area contributed by atoms with Gasteiger partial charge in [0.2, 0.25) is 0 Å². The number of nitrogens with zero attached hydrogens (tertiary/aromatic N) is 2. The van der Waals surface area contributed by atoms with Gasteiger partial charge in [0.25, 0.3) is 0 Å². The smallest absolute Gasteiger partial charge is 0.0888 e. The first-order valence-electron chi connectivity index (χ1n) is 4.61. The van der Waals surface area contributed by atoms with Crippen LogP contribution in [0.5, 0.6) is 0 Å². The Labute approximate surface area is 85.1 Å². The molecule has 0 radical (unpaired) electrons. The Kier molecular flexibility index (Phi) is 2.27. The summed E-state index contributed by atoms with van der Waals surface area (Å²) in [5.41, 5.74) is 4.29. The fourth-order valence-electron chi connectivity index (χ4n) is 1.35. The fourth-order valence-corrected chi connectivity index (χ4v) is 1.35. The fraction of sp³-hybridized carbons (Fsp3) is 0.167. The summed E-state index contributed by atoms with van der Waals surface area (Å²) >= 11 is 0. The van der Waals surface area contributed by atoms with Crippen molar-refractivity contribution in [1.82, 2.24) is 9.97 Å². The lowest BCUT2D eigenvalue weighted by Crippen LogP contribution is -1.88. The molecule has 0 spiro atoms. The predicted molar refractivity (Wildman–Crippen MR) is 59.1 cm³/mol. The third-order valence-corrected chi connectivity index (χ3v) is 2.09. The first-order chi connectivity index (χ1) is 6.75. The SMILES string of the molecule is Cc1ccnc(-c2cc(C)ccn2)c1.[HH]. The van der Waals surface area contributed by atoms with E-state index >= 15 is 0 Å². The lowest BCUT2D eigenvalue weighted by molar-refractivity contribution is 1.21. The number of hydrogen-bond acceptors (Lipinski definition) is 2. The second-order valence-corrected chi connectivity index (χ2v) is 3.44. The van der Waals surface area contributed by atoms with Crippen LogP contribution in [-0.4, -0.2) is 9.97 Å². The second kappa shape index (κ2) is 3.58. The molecule has 72 valence electrons. The highest BCUT2D eigenvalue weighted by Crippen LogP contribution is 2.15. The van der Waals surface area contributed by atoms with Crippen LogP contribution < -0.4 is 0 Å². The molecule has 0 aliphatic rings. The molecule has 2 heteroatoms. The van der Waals surface area contributed by atoms with E-state index in [0.717, 1.165) is 11.4 Å². The van der Waals surface area contributed by atoms with E-state index in [1.807, 2.05) is 36.7 Å². The molecule has 14 heavy (non-hydrogen) atoms. The van der Waals surface area contributed by atoms with Crippen molar-refractivity contribution in [3.05, 3.63) is 47.8 Å². The molecule has 0 fully saturated rings. The summed E-state index contributed by atoms with van der Waals surface area (Å²) in [7, 11) is 0. The van der Waals surface area contributed by atoms with Gasteiger partial charge in [-0.05, 0) is 49.2 Å². The van der Waals surface area contributed by atoms with Crippen molar-refractivity contribution in [2.45, 2.75) is 13.8 Å². The van der Waals surface area contributed by atoms with E-state index < -0.39 is 0 Å². The summed E-state index contributed by atoms with van der Waals surface area (Å²) in [5.74, 6) is 0. The highest BCUT2D eigenvalue weighted by atomic mass is 14.8. The number of aryl methyl sites for hydroxylation is 2. The van der Waals surface area contributed by atoms with E-state index in [-0.39, 0.29) is 1.43 Å². The highest BCUT2D eigenvalue weighted by Gasteiger charge is 2.00. The maximum Gasteiger partial charge on any atom is 0.0888 e. The minimum atomic E-state index is 0. The zero-order chi connectivity index (χ0) is 9.97. The van der Waals surface area contributed by atoms with E-state index in [9.17, 15) is 0 Å². The molecule has 0 aromatic carbocycles. The number of hydrogen-bond donors (Lipinski definition) is 0. The lowest BCUT2D eigenvalue weighted by atomic mass is 10.1. The molecule has 0 saturated carbocycles. The Morgan fingerprint density at radius 3 is 1.64 bits per heavy atom. The van der Waals surface area contributed by atoms with Gasteiger partial charge in [0, 0.05) is 13.8 Å². The van der Waals surface area contributed by atoms with Crippen molar-refractivity contribution in [1.29, 1.82) is 0 Å². The van der Waals surface area contributed by atoms with Crippen LogP contribution in [0, 0.1) is 13.8 Å². The van der Waals surface area contributed by atoms with Crippen molar-refractivity contribution in [3.63, 3.8) is 0 Å². The van der Waals surface area contributed by atoms with Gasteiger partial charge in [-0.1, -0.05) is 0 Å². The molecule has 0 atom stereocenters. The van der Waals surface area contributed by atoms with Gasteiger partial charge in [-0.25, -0.2) is 0 Å². The summed E-state index contributed by atoms with van der Waals surface area (Å²) in [6.07, 6.45) is 3.63. The topological polar surface area (TPSA) is 25.8 Å². The van der Waals surface area contributed by atoms with Crippen LogP contribution >= 0.6 is 0 Å². The van der Waals surface area contributed by atoms with Crippen LogP contribution in [0.15, 0.2) is 36.7 Å². The molecule has 0 aliphatic carbocycles. The average molecular weight is 186 g/mol. The zero-order valence-electron chi connectivity index (χ0n) is 8.36.